The SMILES string of the molecule is CO/N=C(\C)C1(C)NN2CCCN(C(C)C)CC2=C1Cl. The molecule has 0 aliphatic carbocycles. The molecule has 2 heterocycles. The van der Waals surface area contributed by atoms with Gasteiger partial charge in [0.25, 0.3) is 0 Å². The molecular formula is C14H25ClN4O. The van der Waals surface area contributed by atoms with Crippen molar-refractivity contribution >= 4 is 17.3 Å². The average molecular weight is 301 g/mol. The lowest BCUT2D eigenvalue weighted by Crippen LogP contribution is -2.50. The second-order valence-electron chi connectivity index (χ2n) is 5.93. The van der Waals surface area contributed by atoms with Crippen LogP contribution in [-0.2, 0) is 4.84 Å². The van der Waals surface area contributed by atoms with E-state index in [0.717, 1.165) is 42.5 Å². The molecular weight excluding hydrogens is 276 g/mol. The first kappa shape index (κ1) is 15.6. The van der Waals surface area contributed by atoms with Crippen molar-refractivity contribution in [1.82, 2.24) is 15.3 Å². The predicted molar refractivity (Wildman–Crippen MR) is 82.6 cm³/mol. The molecule has 1 fully saturated rings. The van der Waals surface area contributed by atoms with Crippen LogP contribution in [0.15, 0.2) is 15.9 Å². The third kappa shape index (κ3) is 2.67. The fourth-order valence-corrected chi connectivity index (χ4v) is 3.09. The van der Waals surface area contributed by atoms with E-state index in [1.54, 1.807) is 7.11 Å². The molecule has 1 unspecified atom stereocenters. The zero-order valence-electron chi connectivity index (χ0n) is 13.0. The van der Waals surface area contributed by atoms with Crippen LogP contribution < -0.4 is 5.43 Å². The number of nitrogens with zero attached hydrogens (tertiary/aromatic N) is 3. The Morgan fingerprint density at radius 3 is 2.75 bits per heavy atom. The highest BCUT2D eigenvalue weighted by Gasteiger charge is 2.44. The summed E-state index contributed by atoms with van der Waals surface area (Å²) in [6.07, 6.45) is 1.12. The Morgan fingerprint density at radius 2 is 2.15 bits per heavy atom. The van der Waals surface area contributed by atoms with Crippen LogP contribution in [-0.4, -0.2) is 53.9 Å². The molecule has 0 amide bonds. The summed E-state index contributed by atoms with van der Waals surface area (Å²) < 4.78 is 0. The van der Waals surface area contributed by atoms with Gasteiger partial charge in [-0.25, -0.2) is 5.43 Å². The number of fused-ring (bicyclic) bond motifs is 1. The maximum Gasteiger partial charge on any atom is 0.113 e. The van der Waals surface area contributed by atoms with Crippen molar-refractivity contribution in [2.45, 2.75) is 45.7 Å². The van der Waals surface area contributed by atoms with Crippen LogP contribution >= 0.6 is 11.6 Å². The molecule has 1 N–H and O–H groups in total. The maximum absolute atomic E-state index is 6.68. The Labute approximate surface area is 126 Å². The van der Waals surface area contributed by atoms with Crippen LogP contribution in [0.3, 0.4) is 0 Å². The van der Waals surface area contributed by atoms with E-state index in [1.807, 2.05) is 6.92 Å². The molecule has 1 atom stereocenters. The number of hydrazine groups is 1. The number of nitrogens with one attached hydrogen (secondary N) is 1. The van der Waals surface area contributed by atoms with Crippen molar-refractivity contribution in [3.63, 3.8) is 0 Å². The van der Waals surface area contributed by atoms with Crippen molar-refractivity contribution in [3.05, 3.63) is 10.7 Å². The number of halogens is 1. The predicted octanol–water partition coefficient (Wildman–Crippen LogP) is 2.15. The van der Waals surface area contributed by atoms with Gasteiger partial charge in [0, 0.05) is 25.7 Å². The van der Waals surface area contributed by atoms with Crippen molar-refractivity contribution in [1.29, 1.82) is 0 Å². The van der Waals surface area contributed by atoms with E-state index < -0.39 is 5.54 Å². The molecule has 0 aromatic heterocycles. The molecule has 2 aliphatic heterocycles. The third-order valence-corrected chi connectivity index (χ3v) is 4.83. The Balaban J connectivity index is 2.32. The fraction of sp³-hybridized carbons (Fsp3) is 0.786. The Kier molecular flexibility index (Phi) is 4.62. The smallest absolute Gasteiger partial charge is 0.113 e. The van der Waals surface area contributed by atoms with Gasteiger partial charge in [-0.15, -0.1) is 0 Å². The van der Waals surface area contributed by atoms with Crippen molar-refractivity contribution in [3.8, 4) is 0 Å². The largest absolute Gasteiger partial charge is 0.399 e. The van der Waals surface area contributed by atoms with Crippen LogP contribution in [0.2, 0.25) is 0 Å². The van der Waals surface area contributed by atoms with E-state index in [0.29, 0.717) is 6.04 Å². The molecule has 114 valence electrons. The molecule has 2 rings (SSSR count). The monoisotopic (exact) mass is 300 g/mol. The molecule has 20 heavy (non-hydrogen) atoms. The van der Waals surface area contributed by atoms with Crippen molar-refractivity contribution in [2.75, 3.05) is 26.7 Å². The Morgan fingerprint density at radius 1 is 1.45 bits per heavy atom. The van der Waals surface area contributed by atoms with Crippen molar-refractivity contribution in [2.24, 2.45) is 5.16 Å². The summed E-state index contributed by atoms with van der Waals surface area (Å²) in [4.78, 5) is 7.36. The molecule has 0 aromatic carbocycles. The number of rotatable bonds is 3. The minimum atomic E-state index is -0.465. The van der Waals surface area contributed by atoms with Crippen LogP contribution in [0.25, 0.3) is 0 Å². The number of hydrogen-bond acceptors (Lipinski definition) is 5. The molecule has 0 aromatic rings. The summed E-state index contributed by atoms with van der Waals surface area (Å²) >= 11 is 6.68. The van der Waals surface area contributed by atoms with Gasteiger partial charge in [-0.05, 0) is 34.1 Å². The summed E-state index contributed by atoms with van der Waals surface area (Å²) in [5, 5.41) is 7.06. The molecule has 0 saturated carbocycles. The minimum Gasteiger partial charge on any atom is -0.399 e. The average Bonchev–Trinajstić information content (AvgIpc) is 2.56. The maximum atomic E-state index is 6.68. The van der Waals surface area contributed by atoms with Crippen LogP contribution in [0.4, 0.5) is 0 Å². The topological polar surface area (TPSA) is 40.1 Å². The van der Waals surface area contributed by atoms with Crippen molar-refractivity contribution < 1.29 is 4.84 Å². The van der Waals surface area contributed by atoms with Crippen LogP contribution in [0, 0.1) is 0 Å². The second-order valence-corrected chi connectivity index (χ2v) is 6.30. The molecule has 6 heteroatoms. The standard InChI is InChI=1S/C14H25ClN4O/c1-10(2)18-7-6-8-19-12(9-18)13(15)14(4,17-19)11(3)16-20-5/h10,17H,6-9H2,1-5H3/b16-11+. The minimum absolute atomic E-state index is 0.465. The Bertz CT molecular complexity index is 435. The quantitative estimate of drug-likeness (QED) is 0.640. The first-order chi connectivity index (χ1) is 9.40. The molecule has 5 nitrogen and oxygen atoms in total. The summed E-state index contributed by atoms with van der Waals surface area (Å²) in [6.45, 7) is 11.4. The summed E-state index contributed by atoms with van der Waals surface area (Å²) in [5.74, 6) is 0. The highest BCUT2D eigenvalue weighted by molar-refractivity contribution is 6.34. The zero-order valence-corrected chi connectivity index (χ0v) is 13.8. The highest BCUT2D eigenvalue weighted by atomic mass is 35.5. The second kappa shape index (κ2) is 5.92. The first-order valence-electron chi connectivity index (χ1n) is 7.17. The van der Waals surface area contributed by atoms with Gasteiger partial charge in [0.15, 0.2) is 0 Å². The summed E-state index contributed by atoms with van der Waals surface area (Å²) in [5.41, 5.74) is 5.02. The van der Waals surface area contributed by atoms with Gasteiger partial charge in [0.05, 0.1) is 16.4 Å². The van der Waals surface area contributed by atoms with E-state index in [4.69, 9.17) is 16.4 Å². The van der Waals surface area contributed by atoms with Gasteiger partial charge in [-0.2, -0.15) is 0 Å². The van der Waals surface area contributed by atoms with E-state index in [2.05, 4.69) is 41.3 Å². The first-order valence-corrected chi connectivity index (χ1v) is 7.54. The van der Waals surface area contributed by atoms with Gasteiger partial charge in [-0.3, -0.25) is 4.90 Å². The van der Waals surface area contributed by atoms with Gasteiger partial charge in [0.1, 0.15) is 12.6 Å². The molecule has 2 aliphatic rings. The Hall–Kier alpha value is -0.780. The highest BCUT2D eigenvalue weighted by Crippen LogP contribution is 2.35. The normalized spacial score (nSPS) is 28.9. The summed E-state index contributed by atoms with van der Waals surface area (Å²) in [7, 11) is 1.56. The van der Waals surface area contributed by atoms with E-state index in [1.165, 1.54) is 0 Å². The summed E-state index contributed by atoms with van der Waals surface area (Å²) in [6, 6.07) is 0.521. The van der Waals surface area contributed by atoms with E-state index in [9.17, 15) is 0 Å². The lowest BCUT2D eigenvalue weighted by atomic mass is 9.97. The van der Waals surface area contributed by atoms with Gasteiger partial charge < -0.3 is 9.85 Å². The lowest BCUT2D eigenvalue weighted by molar-refractivity contribution is 0.203. The lowest BCUT2D eigenvalue weighted by Gasteiger charge is -2.28. The van der Waals surface area contributed by atoms with Crippen LogP contribution in [0.1, 0.15) is 34.1 Å². The molecule has 1 saturated heterocycles. The fourth-order valence-electron chi connectivity index (χ4n) is 2.75. The van der Waals surface area contributed by atoms with Gasteiger partial charge >= 0.3 is 0 Å². The number of hydrogen-bond donors (Lipinski definition) is 1. The van der Waals surface area contributed by atoms with E-state index >= 15 is 0 Å². The third-order valence-electron chi connectivity index (χ3n) is 4.24. The molecule has 0 radical (unpaired) electrons. The molecule has 0 bridgehead atoms. The van der Waals surface area contributed by atoms with E-state index in [-0.39, 0.29) is 0 Å². The molecule has 0 spiro atoms. The van der Waals surface area contributed by atoms with Crippen LogP contribution in [0.5, 0.6) is 0 Å². The van der Waals surface area contributed by atoms with Gasteiger partial charge in [-0.1, -0.05) is 16.8 Å². The zero-order chi connectivity index (χ0) is 14.9. The number of oxime groups is 1. The van der Waals surface area contributed by atoms with Gasteiger partial charge in [0.2, 0.25) is 0 Å².